The summed E-state index contributed by atoms with van der Waals surface area (Å²) in [5, 5.41) is 2.02. The summed E-state index contributed by atoms with van der Waals surface area (Å²) < 4.78 is 4.93. The Morgan fingerprint density at radius 2 is 1.89 bits per heavy atom. The average molecular weight is 252 g/mol. The highest BCUT2D eigenvalue weighted by atomic mass is 16.5. The number of Topliss-reactive ketones (excluding diaryl/α,β-unsaturated/α-hetero) is 1. The number of carbonyl (C=O) groups is 2. The fourth-order valence-electron chi connectivity index (χ4n) is 2.39. The number of ether oxygens (including phenoxy) is 1. The smallest absolute Gasteiger partial charge is 0.302 e. The second-order valence-corrected chi connectivity index (χ2v) is 4.53. The average Bonchev–Trinajstić information content (AvgIpc) is 2.41. The van der Waals surface area contributed by atoms with Gasteiger partial charge in [0.25, 0.3) is 0 Å². The third-order valence-corrected chi connectivity index (χ3v) is 3.23. The van der Waals surface area contributed by atoms with Gasteiger partial charge >= 0.3 is 5.97 Å². The first-order valence-electron chi connectivity index (χ1n) is 6.07. The van der Waals surface area contributed by atoms with Crippen LogP contribution in [0, 0.1) is 0 Å². The van der Waals surface area contributed by atoms with Crippen LogP contribution in [0.5, 0.6) is 0 Å². The Hall–Kier alpha value is -2.42. The van der Waals surface area contributed by atoms with E-state index in [9.17, 15) is 9.59 Å². The van der Waals surface area contributed by atoms with Crippen LogP contribution in [0.1, 0.15) is 22.8 Å². The van der Waals surface area contributed by atoms with E-state index in [1.54, 1.807) is 6.08 Å². The van der Waals surface area contributed by atoms with Gasteiger partial charge in [-0.15, -0.1) is 0 Å². The van der Waals surface area contributed by atoms with E-state index in [0.717, 1.165) is 16.3 Å². The van der Waals surface area contributed by atoms with E-state index in [1.165, 1.54) is 6.92 Å². The third kappa shape index (κ3) is 1.93. The number of ketones is 1. The zero-order valence-electron chi connectivity index (χ0n) is 10.5. The largest absolute Gasteiger partial charge is 0.461 e. The fraction of sp³-hybridized carbons (Fsp3) is 0.125. The lowest BCUT2D eigenvalue weighted by molar-refractivity contribution is -0.139. The molecule has 0 N–H and O–H groups in total. The Morgan fingerprint density at radius 3 is 2.63 bits per heavy atom. The van der Waals surface area contributed by atoms with Gasteiger partial charge in [-0.1, -0.05) is 36.4 Å². The molecule has 94 valence electrons. The number of hydrogen-bond donors (Lipinski definition) is 0. The normalized spacial score (nSPS) is 13.3. The first kappa shape index (κ1) is 11.7. The van der Waals surface area contributed by atoms with Gasteiger partial charge < -0.3 is 4.74 Å². The third-order valence-electron chi connectivity index (χ3n) is 3.23. The number of rotatable bonds is 2. The van der Waals surface area contributed by atoms with Crippen LogP contribution >= 0.6 is 0 Å². The van der Waals surface area contributed by atoms with Crippen LogP contribution in [0.3, 0.4) is 0 Å². The van der Waals surface area contributed by atoms with Gasteiger partial charge in [0.05, 0.1) is 0 Å². The van der Waals surface area contributed by atoms with Crippen LogP contribution in [-0.4, -0.2) is 18.4 Å². The summed E-state index contributed by atoms with van der Waals surface area (Å²) in [6, 6.07) is 11.6. The number of benzene rings is 2. The molecule has 3 nitrogen and oxygen atoms in total. The van der Waals surface area contributed by atoms with Crippen LogP contribution in [0.15, 0.2) is 42.0 Å². The van der Waals surface area contributed by atoms with Gasteiger partial charge in [-0.3, -0.25) is 9.59 Å². The van der Waals surface area contributed by atoms with Crippen molar-refractivity contribution in [1.29, 1.82) is 0 Å². The molecule has 0 spiro atoms. The van der Waals surface area contributed by atoms with Gasteiger partial charge in [0.1, 0.15) is 6.61 Å². The highest BCUT2D eigenvalue weighted by molar-refractivity contribution is 6.22. The molecule has 0 radical (unpaired) electrons. The maximum atomic E-state index is 12.4. The van der Waals surface area contributed by atoms with Crippen molar-refractivity contribution in [2.45, 2.75) is 6.92 Å². The van der Waals surface area contributed by atoms with Crippen LogP contribution < -0.4 is 0 Å². The first-order chi connectivity index (χ1) is 9.16. The van der Waals surface area contributed by atoms with Crippen LogP contribution in [0.25, 0.3) is 16.8 Å². The summed E-state index contributed by atoms with van der Waals surface area (Å²) >= 11 is 0. The standard InChI is InChI=1S/C16H12O3/c1-10(17)19-9-13-8-12-6-2-4-11-5-3-7-14(15(11)12)16(13)18/h2-8H,9H2,1H3. The molecule has 0 aliphatic heterocycles. The molecule has 0 amide bonds. The number of esters is 1. The van der Waals surface area contributed by atoms with Crippen molar-refractivity contribution in [2.24, 2.45) is 0 Å². The number of carbonyl (C=O) groups excluding carboxylic acids is 2. The molecular weight excluding hydrogens is 240 g/mol. The highest BCUT2D eigenvalue weighted by Crippen LogP contribution is 2.31. The summed E-state index contributed by atoms with van der Waals surface area (Å²) in [7, 11) is 0. The molecule has 3 rings (SSSR count). The summed E-state index contributed by atoms with van der Waals surface area (Å²) in [4.78, 5) is 23.2. The Labute approximate surface area is 110 Å². The predicted molar refractivity (Wildman–Crippen MR) is 72.9 cm³/mol. The van der Waals surface area contributed by atoms with Crippen molar-refractivity contribution in [3.63, 3.8) is 0 Å². The quantitative estimate of drug-likeness (QED) is 0.772. The molecule has 19 heavy (non-hydrogen) atoms. The van der Waals surface area contributed by atoms with Crippen molar-refractivity contribution >= 4 is 28.6 Å². The van der Waals surface area contributed by atoms with Crippen molar-refractivity contribution in [2.75, 3.05) is 6.61 Å². The van der Waals surface area contributed by atoms with Crippen LogP contribution in [-0.2, 0) is 9.53 Å². The summed E-state index contributed by atoms with van der Waals surface area (Å²) in [5.41, 5.74) is 2.19. The molecule has 0 bridgehead atoms. The first-order valence-corrected chi connectivity index (χ1v) is 6.07. The van der Waals surface area contributed by atoms with Crippen LogP contribution in [0.4, 0.5) is 0 Å². The van der Waals surface area contributed by atoms with Crippen molar-refractivity contribution in [3.8, 4) is 0 Å². The predicted octanol–water partition coefficient (Wildman–Crippen LogP) is 2.98. The van der Waals surface area contributed by atoms with Gasteiger partial charge in [0, 0.05) is 23.4 Å². The molecule has 0 unspecified atom stereocenters. The van der Waals surface area contributed by atoms with Crippen LogP contribution in [0.2, 0.25) is 0 Å². The molecule has 0 heterocycles. The lowest BCUT2D eigenvalue weighted by atomic mass is 9.88. The minimum absolute atomic E-state index is 0.0267. The molecule has 0 fully saturated rings. The second-order valence-electron chi connectivity index (χ2n) is 4.53. The lowest BCUT2D eigenvalue weighted by Gasteiger charge is -2.16. The van der Waals surface area contributed by atoms with E-state index in [2.05, 4.69) is 0 Å². The fourth-order valence-corrected chi connectivity index (χ4v) is 2.39. The SMILES string of the molecule is CC(=O)OCC1=Cc2cccc3cccc(c23)C1=O. The molecule has 2 aromatic rings. The zero-order chi connectivity index (χ0) is 13.4. The highest BCUT2D eigenvalue weighted by Gasteiger charge is 2.21. The molecule has 0 aromatic heterocycles. The van der Waals surface area contributed by atoms with Gasteiger partial charge in [0.15, 0.2) is 5.78 Å². The Kier molecular flexibility index (Phi) is 2.67. The maximum absolute atomic E-state index is 12.4. The van der Waals surface area contributed by atoms with E-state index in [4.69, 9.17) is 4.74 Å². The molecule has 1 aliphatic carbocycles. The molecule has 2 aromatic carbocycles. The maximum Gasteiger partial charge on any atom is 0.302 e. The van der Waals surface area contributed by atoms with E-state index in [0.29, 0.717) is 11.1 Å². The Bertz CT molecular complexity index is 721. The van der Waals surface area contributed by atoms with Gasteiger partial charge in [-0.2, -0.15) is 0 Å². The van der Waals surface area contributed by atoms with Gasteiger partial charge in [-0.05, 0) is 17.0 Å². The minimum Gasteiger partial charge on any atom is -0.461 e. The molecular formula is C16H12O3. The summed E-state index contributed by atoms with van der Waals surface area (Å²) in [5.74, 6) is -0.448. The van der Waals surface area contributed by atoms with Gasteiger partial charge in [0.2, 0.25) is 0 Å². The topological polar surface area (TPSA) is 43.4 Å². The van der Waals surface area contributed by atoms with Gasteiger partial charge in [-0.25, -0.2) is 0 Å². The molecule has 0 saturated carbocycles. The van der Waals surface area contributed by atoms with Crippen molar-refractivity contribution in [3.05, 3.63) is 53.1 Å². The Morgan fingerprint density at radius 1 is 1.16 bits per heavy atom. The van der Waals surface area contributed by atoms with E-state index in [-0.39, 0.29) is 18.4 Å². The second kappa shape index (κ2) is 4.35. The monoisotopic (exact) mass is 252 g/mol. The summed E-state index contributed by atoms with van der Waals surface area (Å²) in [6.45, 7) is 1.36. The van der Waals surface area contributed by atoms with Crippen molar-refractivity contribution < 1.29 is 14.3 Å². The van der Waals surface area contributed by atoms with E-state index < -0.39 is 0 Å². The molecule has 1 aliphatic rings. The van der Waals surface area contributed by atoms with E-state index in [1.807, 2.05) is 36.4 Å². The minimum atomic E-state index is -0.384. The van der Waals surface area contributed by atoms with Crippen molar-refractivity contribution in [1.82, 2.24) is 0 Å². The lowest BCUT2D eigenvalue weighted by Crippen LogP contribution is -2.15. The molecule has 3 heteroatoms. The zero-order valence-corrected chi connectivity index (χ0v) is 10.5. The Balaban J connectivity index is 2.13. The number of hydrogen-bond acceptors (Lipinski definition) is 3. The summed E-state index contributed by atoms with van der Waals surface area (Å²) in [6.07, 6.45) is 1.81. The molecule has 0 saturated heterocycles. The van der Waals surface area contributed by atoms with E-state index >= 15 is 0 Å². The molecule has 0 atom stereocenters.